The second-order valence-corrected chi connectivity index (χ2v) is 3.89. The van der Waals surface area contributed by atoms with E-state index >= 15 is 0 Å². The molecule has 0 saturated carbocycles. The Bertz CT molecular complexity index is 374. The van der Waals surface area contributed by atoms with Crippen LogP contribution in [-0.2, 0) is 0 Å². The Balaban J connectivity index is 1.86. The van der Waals surface area contributed by atoms with Gasteiger partial charge in [-0.05, 0) is 24.3 Å². The van der Waals surface area contributed by atoms with Crippen LogP contribution in [0.4, 0.5) is 14.9 Å². The zero-order valence-corrected chi connectivity index (χ0v) is 8.69. The fraction of sp³-hybridized carbons (Fsp3) is 0.364. The number of halogens is 1. The van der Waals surface area contributed by atoms with E-state index in [1.807, 2.05) is 0 Å². The minimum absolute atomic E-state index is 0.111. The number of aliphatic hydroxyl groups excluding tert-OH is 1. The van der Waals surface area contributed by atoms with Gasteiger partial charge in [-0.15, -0.1) is 0 Å². The second-order valence-electron chi connectivity index (χ2n) is 3.89. The maximum Gasteiger partial charge on any atom is 0.321 e. The number of nitrogens with zero attached hydrogens (tertiary/aromatic N) is 1. The van der Waals surface area contributed by atoms with Crippen molar-refractivity contribution in [3.8, 4) is 0 Å². The highest BCUT2D eigenvalue weighted by Gasteiger charge is 2.29. The topological polar surface area (TPSA) is 52.6 Å². The Hall–Kier alpha value is -1.62. The molecule has 2 amide bonds. The molecule has 16 heavy (non-hydrogen) atoms. The van der Waals surface area contributed by atoms with Crippen molar-refractivity contribution in [3.05, 3.63) is 30.1 Å². The van der Waals surface area contributed by atoms with E-state index in [-0.39, 0.29) is 24.4 Å². The zero-order chi connectivity index (χ0) is 11.5. The molecule has 0 atom stereocenters. The van der Waals surface area contributed by atoms with Crippen LogP contribution in [0.1, 0.15) is 0 Å². The van der Waals surface area contributed by atoms with Crippen molar-refractivity contribution in [3.63, 3.8) is 0 Å². The summed E-state index contributed by atoms with van der Waals surface area (Å²) < 4.78 is 12.6. The minimum atomic E-state index is -0.331. The van der Waals surface area contributed by atoms with Crippen LogP contribution >= 0.6 is 0 Å². The highest BCUT2D eigenvalue weighted by Crippen LogP contribution is 2.16. The van der Waals surface area contributed by atoms with E-state index in [4.69, 9.17) is 5.11 Å². The Labute approximate surface area is 92.7 Å². The van der Waals surface area contributed by atoms with Crippen molar-refractivity contribution >= 4 is 11.7 Å². The average Bonchev–Trinajstić information content (AvgIpc) is 2.20. The monoisotopic (exact) mass is 224 g/mol. The standard InChI is InChI=1S/C11H13FN2O2/c12-9-1-3-10(4-2-9)13-11(16)14-5-8(6-14)7-15/h1-4,8,15H,5-7H2,(H,13,16). The first-order valence-corrected chi connectivity index (χ1v) is 5.11. The van der Waals surface area contributed by atoms with Crippen LogP contribution in [0, 0.1) is 11.7 Å². The predicted octanol–water partition coefficient (Wildman–Crippen LogP) is 1.28. The van der Waals surface area contributed by atoms with E-state index in [1.54, 1.807) is 4.90 Å². The van der Waals surface area contributed by atoms with Gasteiger partial charge in [-0.3, -0.25) is 0 Å². The normalized spacial score (nSPS) is 15.8. The molecule has 1 aliphatic rings. The van der Waals surface area contributed by atoms with Crippen LogP contribution in [0.25, 0.3) is 0 Å². The van der Waals surface area contributed by atoms with Gasteiger partial charge in [0.1, 0.15) is 5.82 Å². The molecule has 4 nitrogen and oxygen atoms in total. The first kappa shape index (κ1) is 10.9. The van der Waals surface area contributed by atoms with E-state index in [0.717, 1.165) is 0 Å². The number of amides is 2. The predicted molar refractivity (Wildman–Crippen MR) is 57.6 cm³/mol. The lowest BCUT2D eigenvalue weighted by Crippen LogP contribution is -2.52. The summed E-state index contributed by atoms with van der Waals surface area (Å²) in [4.78, 5) is 13.2. The van der Waals surface area contributed by atoms with Gasteiger partial charge in [0.25, 0.3) is 0 Å². The lowest BCUT2D eigenvalue weighted by Gasteiger charge is -2.38. The van der Waals surface area contributed by atoms with Gasteiger partial charge in [-0.2, -0.15) is 0 Å². The lowest BCUT2D eigenvalue weighted by molar-refractivity contribution is 0.0838. The molecule has 86 valence electrons. The van der Waals surface area contributed by atoms with Crippen molar-refractivity contribution in [1.82, 2.24) is 4.90 Å². The summed E-state index contributed by atoms with van der Waals surface area (Å²) in [5.41, 5.74) is 0.568. The molecule has 1 aliphatic heterocycles. The number of hydrogen-bond donors (Lipinski definition) is 2. The third-order valence-corrected chi connectivity index (χ3v) is 2.60. The van der Waals surface area contributed by atoms with Crippen LogP contribution in [-0.4, -0.2) is 35.7 Å². The maximum absolute atomic E-state index is 12.6. The first-order valence-electron chi connectivity index (χ1n) is 5.11. The van der Waals surface area contributed by atoms with Gasteiger partial charge in [0.15, 0.2) is 0 Å². The molecule has 0 unspecified atom stereocenters. The molecule has 5 heteroatoms. The van der Waals surface area contributed by atoms with E-state index < -0.39 is 0 Å². The summed E-state index contributed by atoms with van der Waals surface area (Å²) in [5, 5.41) is 11.5. The van der Waals surface area contributed by atoms with Crippen LogP contribution in [0.5, 0.6) is 0 Å². The van der Waals surface area contributed by atoms with Crippen LogP contribution in [0.2, 0.25) is 0 Å². The number of aliphatic hydroxyl groups is 1. The SMILES string of the molecule is O=C(Nc1ccc(F)cc1)N1CC(CO)C1. The van der Waals surface area contributed by atoms with Crippen molar-refractivity contribution in [2.45, 2.75) is 0 Å². The molecular formula is C11H13FN2O2. The molecule has 1 heterocycles. The average molecular weight is 224 g/mol. The van der Waals surface area contributed by atoms with Gasteiger partial charge in [0, 0.05) is 31.3 Å². The molecule has 0 radical (unpaired) electrons. The summed E-state index contributed by atoms with van der Waals surface area (Å²) in [6.45, 7) is 1.26. The Morgan fingerprint density at radius 3 is 2.62 bits per heavy atom. The van der Waals surface area contributed by atoms with Crippen molar-refractivity contribution in [1.29, 1.82) is 0 Å². The fourth-order valence-electron chi connectivity index (χ4n) is 1.59. The number of hydrogen-bond acceptors (Lipinski definition) is 2. The number of carbonyl (C=O) groups is 1. The van der Waals surface area contributed by atoms with E-state index in [2.05, 4.69) is 5.32 Å². The number of anilines is 1. The highest BCUT2D eigenvalue weighted by atomic mass is 19.1. The van der Waals surface area contributed by atoms with Crippen LogP contribution < -0.4 is 5.32 Å². The summed E-state index contributed by atoms with van der Waals surface area (Å²) in [7, 11) is 0. The molecule has 1 aromatic rings. The minimum Gasteiger partial charge on any atom is -0.396 e. The fourth-order valence-corrected chi connectivity index (χ4v) is 1.59. The molecule has 2 rings (SSSR count). The van der Waals surface area contributed by atoms with Crippen LogP contribution in [0.3, 0.4) is 0 Å². The largest absolute Gasteiger partial charge is 0.396 e. The van der Waals surface area contributed by atoms with Gasteiger partial charge in [0.05, 0.1) is 0 Å². The number of nitrogens with one attached hydrogen (secondary N) is 1. The highest BCUT2D eigenvalue weighted by molar-refractivity contribution is 5.89. The number of urea groups is 1. The third-order valence-electron chi connectivity index (χ3n) is 2.60. The van der Waals surface area contributed by atoms with Crippen molar-refractivity contribution < 1.29 is 14.3 Å². The van der Waals surface area contributed by atoms with Gasteiger partial charge < -0.3 is 15.3 Å². The Morgan fingerprint density at radius 2 is 2.06 bits per heavy atom. The summed E-state index contributed by atoms with van der Waals surface area (Å²) in [6.07, 6.45) is 0. The van der Waals surface area contributed by atoms with Gasteiger partial charge in [-0.25, -0.2) is 9.18 Å². The quantitative estimate of drug-likeness (QED) is 0.795. The van der Waals surface area contributed by atoms with E-state index in [1.165, 1.54) is 24.3 Å². The molecule has 0 aromatic heterocycles. The van der Waals surface area contributed by atoms with Gasteiger partial charge >= 0.3 is 6.03 Å². The molecule has 0 spiro atoms. The zero-order valence-electron chi connectivity index (χ0n) is 8.69. The van der Waals surface area contributed by atoms with E-state index in [9.17, 15) is 9.18 Å². The summed E-state index contributed by atoms with van der Waals surface area (Å²) in [6, 6.07) is 5.40. The molecule has 1 saturated heterocycles. The Morgan fingerprint density at radius 1 is 1.44 bits per heavy atom. The van der Waals surface area contributed by atoms with Gasteiger partial charge in [-0.1, -0.05) is 0 Å². The number of rotatable bonds is 2. The Kier molecular flexibility index (Phi) is 3.05. The van der Waals surface area contributed by atoms with Crippen LogP contribution in [0.15, 0.2) is 24.3 Å². The summed E-state index contributed by atoms with van der Waals surface area (Å²) >= 11 is 0. The van der Waals surface area contributed by atoms with Gasteiger partial charge in [0.2, 0.25) is 0 Å². The number of benzene rings is 1. The van der Waals surface area contributed by atoms with Crippen molar-refractivity contribution in [2.24, 2.45) is 5.92 Å². The second kappa shape index (κ2) is 4.49. The number of likely N-dealkylation sites (tertiary alicyclic amines) is 1. The lowest BCUT2D eigenvalue weighted by atomic mass is 10.0. The smallest absolute Gasteiger partial charge is 0.321 e. The summed E-state index contributed by atoms with van der Waals surface area (Å²) in [5.74, 6) is -0.138. The number of carbonyl (C=O) groups excluding carboxylic acids is 1. The van der Waals surface area contributed by atoms with E-state index in [0.29, 0.717) is 18.8 Å². The van der Waals surface area contributed by atoms with Crippen molar-refractivity contribution in [2.75, 3.05) is 25.0 Å². The third kappa shape index (κ3) is 2.30. The molecule has 0 aliphatic carbocycles. The molecule has 1 fully saturated rings. The maximum atomic E-state index is 12.6. The molecule has 0 bridgehead atoms. The molecule has 2 N–H and O–H groups in total. The molecular weight excluding hydrogens is 211 g/mol. The first-order chi connectivity index (χ1) is 7.69. The molecule has 1 aromatic carbocycles.